The molecule has 5 aromatic rings. The van der Waals surface area contributed by atoms with E-state index in [-0.39, 0.29) is 0 Å². The van der Waals surface area contributed by atoms with Gasteiger partial charge in [0.25, 0.3) is 0 Å². The van der Waals surface area contributed by atoms with Gasteiger partial charge in [-0.2, -0.15) is 0 Å². The highest BCUT2D eigenvalue weighted by Gasteiger charge is 2.13. The standard InChI is InChI=1S/C24H17BN6/c25-20-8-5-16(6-9-20)21-10-7-19(15-28-21)24-30-22(17-3-1-11-26-13-17)29-23(31-24)18-4-2-12-27-14-18/h1-15H,25H2. The first-order valence-electron chi connectivity index (χ1n) is 9.87. The molecule has 0 radical (unpaired) electrons. The van der Waals surface area contributed by atoms with Crippen molar-refractivity contribution in [1.82, 2.24) is 29.9 Å². The van der Waals surface area contributed by atoms with Crippen LogP contribution in [0.4, 0.5) is 0 Å². The van der Waals surface area contributed by atoms with Gasteiger partial charge in [-0.1, -0.05) is 29.7 Å². The Morgan fingerprint density at radius 3 is 1.48 bits per heavy atom. The van der Waals surface area contributed by atoms with Crippen LogP contribution < -0.4 is 5.46 Å². The molecule has 0 aliphatic carbocycles. The summed E-state index contributed by atoms with van der Waals surface area (Å²) in [6.07, 6.45) is 8.73. The van der Waals surface area contributed by atoms with Gasteiger partial charge in [0, 0.05) is 53.2 Å². The van der Waals surface area contributed by atoms with Crippen molar-refractivity contribution < 1.29 is 0 Å². The van der Waals surface area contributed by atoms with Crippen LogP contribution in [0.15, 0.2) is 91.6 Å². The molecule has 7 heteroatoms. The van der Waals surface area contributed by atoms with Crippen LogP contribution in [-0.4, -0.2) is 37.8 Å². The van der Waals surface area contributed by atoms with Crippen LogP contribution in [0.3, 0.4) is 0 Å². The van der Waals surface area contributed by atoms with E-state index in [1.807, 2.05) is 36.4 Å². The molecule has 0 N–H and O–H groups in total. The van der Waals surface area contributed by atoms with E-state index in [2.05, 4.69) is 52.0 Å². The van der Waals surface area contributed by atoms with Crippen LogP contribution in [-0.2, 0) is 0 Å². The van der Waals surface area contributed by atoms with E-state index in [0.29, 0.717) is 17.5 Å². The van der Waals surface area contributed by atoms with E-state index >= 15 is 0 Å². The summed E-state index contributed by atoms with van der Waals surface area (Å²) >= 11 is 0. The maximum atomic E-state index is 4.69. The fraction of sp³-hybridized carbons (Fsp3) is 0. The maximum absolute atomic E-state index is 4.69. The second kappa shape index (κ2) is 8.24. The van der Waals surface area contributed by atoms with Crippen LogP contribution in [0.2, 0.25) is 0 Å². The Kier molecular flexibility index (Phi) is 4.98. The second-order valence-corrected chi connectivity index (χ2v) is 7.09. The summed E-state index contributed by atoms with van der Waals surface area (Å²) in [5.41, 5.74) is 5.64. The lowest BCUT2D eigenvalue weighted by Gasteiger charge is -2.08. The lowest BCUT2D eigenvalue weighted by molar-refractivity contribution is 1.06. The van der Waals surface area contributed by atoms with Gasteiger partial charge in [-0.3, -0.25) is 15.0 Å². The first-order chi connectivity index (χ1) is 15.3. The molecule has 0 amide bonds. The van der Waals surface area contributed by atoms with Gasteiger partial charge in [0.1, 0.15) is 7.85 Å². The van der Waals surface area contributed by atoms with Crippen molar-refractivity contribution in [2.45, 2.75) is 0 Å². The average molecular weight is 400 g/mol. The zero-order valence-corrected chi connectivity index (χ0v) is 16.8. The highest BCUT2D eigenvalue weighted by atomic mass is 15.0. The number of aromatic nitrogens is 6. The maximum Gasteiger partial charge on any atom is 0.165 e. The molecule has 0 bridgehead atoms. The number of nitrogens with zero attached hydrogens (tertiary/aromatic N) is 6. The molecule has 0 fully saturated rings. The van der Waals surface area contributed by atoms with E-state index in [4.69, 9.17) is 9.97 Å². The minimum absolute atomic E-state index is 0.552. The molecule has 5 rings (SSSR count). The van der Waals surface area contributed by atoms with E-state index in [9.17, 15) is 0 Å². The van der Waals surface area contributed by atoms with Crippen LogP contribution in [0.1, 0.15) is 0 Å². The Labute approximate surface area is 180 Å². The summed E-state index contributed by atoms with van der Waals surface area (Å²) in [5, 5.41) is 0. The zero-order chi connectivity index (χ0) is 21.0. The summed E-state index contributed by atoms with van der Waals surface area (Å²) in [5.74, 6) is 1.66. The minimum atomic E-state index is 0.552. The molecule has 0 spiro atoms. The van der Waals surface area contributed by atoms with Crippen molar-refractivity contribution in [1.29, 1.82) is 0 Å². The summed E-state index contributed by atoms with van der Waals surface area (Å²) in [7, 11) is 2.07. The van der Waals surface area contributed by atoms with Gasteiger partial charge < -0.3 is 0 Å². The van der Waals surface area contributed by atoms with Crippen molar-refractivity contribution in [3.05, 3.63) is 91.6 Å². The van der Waals surface area contributed by atoms with E-state index in [1.165, 1.54) is 5.46 Å². The third-order valence-electron chi connectivity index (χ3n) is 4.84. The molecule has 0 saturated carbocycles. The molecule has 0 atom stereocenters. The Hall–Kier alpha value is -4.26. The predicted molar refractivity (Wildman–Crippen MR) is 123 cm³/mol. The third kappa shape index (κ3) is 4.07. The van der Waals surface area contributed by atoms with Gasteiger partial charge in [0.15, 0.2) is 17.5 Å². The highest BCUT2D eigenvalue weighted by Crippen LogP contribution is 2.25. The van der Waals surface area contributed by atoms with Crippen molar-refractivity contribution in [3.8, 4) is 45.4 Å². The molecule has 4 aromatic heterocycles. The fourth-order valence-electron chi connectivity index (χ4n) is 3.17. The van der Waals surface area contributed by atoms with Gasteiger partial charge >= 0.3 is 0 Å². The Bertz CT molecular complexity index is 1250. The molecule has 0 unspecified atom stereocenters. The van der Waals surface area contributed by atoms with Gasteiger partial charge in [-0.15, -0.1) is 0 Å². The lowest BCUT2D eigenvalue weighted by Crippen LogP contribution is -2.01. The molecule has 0 saturated heterocycles. The first-order valence-corrected chi connectivity index (χ1v) is 9.87. The van der Waals surface area contributed by atoms with Gasteiger partial charge in [-0.25, -0.2) is 15.0 Å². The lowest BCUT2D eigenvalue weighted by atomic mass is 9.95. The fourth-order valence-corrected chi connectivity index (χ4v) is 3.17. The summed E-state index contributed by atoms with van der Waals surface area (Å²) in [6.45, 7) is 0. The molecule has 0 aliphatic rings. The van der Waals surface area contributed by atoms with Gasteiger partial charge in [0.2, 0.25) is 0 Å². The largest absolute Gasteiger partial charge is 0.264 e. The van der Waals surface area contributed by atoms with Gasteiger partial charge in [0.05, 0.1) is 5.69 Å². The number of benzene rings is 1. The Morgan fingerprint density at radius 1 is 0.516 bits per heavy atom. The molecule has 0 aliphatic heterocycles. The Balaban J connectivity index is 1.58. The Morgan fingerprint density at radius 2 is 1.03 bits per heavy atom. The molecule has 6 nitrogen and oxygen atoms in total. The molecule has 1 aromatic carbocycles. The number of hydrogen-bond acceptors (Lipinski definition) is 6. The molecule has 4 heterocycles. The number of hydrogen-bond donors (Lipinski definition) is 0. The second-order valence-electron chi connectivity index (χ2n) is 7.09. The number of pyridine rings is 3. The van der Waals surface area contributed by atoms with Crippen LogP contribution >= 0.6 is 0 Å². The quantitative estimate of drug-likeness (QED) is 0.432. The van der Waals surface area contributed by atoms with Crippen molar-refractivity contribution in [3.63, 3.8) is 0 Å². The summed E-state index contributed by atoms with van der Waals surface area (Å²) in [6, 6.07) is 19.8. The summed E-state index contributed by atoms with van der Waals surface area (Å²) < 4.78 is 0. The van der Waals surface area contributed by atoms with Crippen LogP contribution in [0.5, 0.6) is 0 Å². The minimum Gasteiger partial charge on any atom is -0.264 e. The average Bonchev–Trinajstić information content (AvgIpc) is 2.85. The monoisotopic (exact) mass is 400 g/mol. The molecular weight excluding hydrogens is 383 g/mol. The normalized spacial score (nSPS) is 10.7. The SMILES string of the molecule is Bc1ccc(-c2ccc(-c3nc(-c4cccnc4)nc(-c4cccnc4)n3)cn2)cc1. The van der Waals surface area contributed by atoms with E-state index in [1.54, 1.807) is 31.0 Å². The van der Waals surface area contributed by atoms with Crippen molar-refractivity contribution >= 4 is 13.3 Å². The predicted octanol–water partition coefficient (Wildman–Crippen LogP) is 2.98. The smallest absolute Gasteiger partial charge is 0.165 e. The zero-order valence-electron chi connectivity index (χ0n) is 16.8. The highest BCUT2D eigenvalue weighted by molar-refractivity contribution is 6.32. The molecule has 146 valence electrons. The third-order valence-corrected chi connectivity index (χ3v) is 4.84. The van der Waals surface area contributed by atoms with Crippen LogP contribution in [0.25, 0.3) is 45.4 Å². The van der Waals surface area contributed by atoms with E-state index < -0.39 is 0 Å². The van der Waals surface area contributed by atoms with Crippen molar-refractivity contribution in [2.75, 3.05) is 0 Å². The van der Waals surface area contributed by atoms with Crippen LogP contribution in [0, 0.1) is 0 Å². The topological polar surface area (TPSA) is 77.3 Å². The number of rotatable bonds is 4. The molecule has 31 heavy (non-hydrogen) atoms. The summed E-state index contributed by atoms with van der Waals surface area (Å²) in [4.78, 5) is 27.1. The van der Waals surface area contributed by atoms with Gasteiger partial charge in [-0.05, 0) is 36.4 Å². The van der Waals surface area contributed by atoms with Crippen molar-refractivity contribution in [2.24, 2.45) is 0 Å². The first kappa shape index (κ1) is 18.8. The molecular formula is C24H17BN6. The van der Waals surface area contributed by atoms with E-state index in [0.717, 1.165) is 27.9 Å².